The van der Waals surface area contributed by atoms with Crippen molar-refractivity contribution >= 4 is 17.7 Å². The van der Waals surface area contributed by atoms with Crippen molar-refractivity contribution in [2.75, 3.05) is 26.8 Å². The van der Waals surface area contributed by atoms with Crippen molar-refractivity contribution in [2.45, 2.75) is 43.9 Å². The topological polar surface area (TPSA) is 99.8 Å². The number of amides is 3. The van der Waals surface area contributed by atoms with Crippen LogP contribution in [0.5, 0.6) is 0 Å². The number of fused-ring (bicyclic) bond motifs is 1. The van der Waals surface area contributed by atoms with Crippen LogP contribution < -0.4 is 16.0 Å². The molecular formula is C20H28N4O4. The van der Waals surface area contributed by atoms with E-state index in [4.69, 9.17) is 4.74 Å². The summed E-state index contributed by atoms with van der Waals surface area (Å²) < 4.78 is 4.85. The molecule has 0 radical (unpaired) electrons. The van der Waals surface area contributed by atoms with Gasteiger partial charge in [-0.15, -0.1) is 0 Å². The first-order valence-corrected chi connectivity index (χ1v) is 9.69. The van der Waals surface area contributed by atoms with Crippen LogP contribution in [-0.4, -0.2) is 67.6 Å². The molecule has 0 aliphatic carbocycles. The van der Waals surface area contributed by atoms with Crippen molar-refractivity contribution in [1.29, 1.82) is 0 Å². The number of methoxy groups -OCH3 is 1. The fourth-order valence-electron chi connectivity index (χ4n) is 3.93. The first-order chi connectivity index (χ1) is 13.6. The molecule has 0 aromatic heterocycles. The molecule has 0 bridgehead atoms. The third-order valence-corrected chi connectivity index (χ3v) is 5.30. The van der Waals surface area contributed by atoms with Crippen LogP contribution in [0.4, 0.5) is 0 Å². The number of nitrogens with one attached hydrogen (secondary N) is 3. The van der Waals surface area contributed by atoms with Crippen LogP contribution in [0, 0.1) is 0 Å². The van der Waals surface area contributed by atoms with Gasteiger partial charge in [-0.1, -0.05) is 30.3 Å². The van der Waals surface area contributed by atoms with Crippen molar-refractivity contribution in [2.24, 2.45) is 0 Å². The highest BCUT2D eigenvalue weighted by Gasteiger charge is 2.43. The number of rotatable bonds is 8. The molecule has 28 heavy (non-hydrogen) atoms. The predicted octanol–water partition coefficient (Wildman–Crippen LogP) is -0.213. The smallest absolute Gasteiger partial charge is 0.246 e. The van der Waals surface area contributed by atoms with Gasteiger partial charge in [0.15, 0.2) is 0 Å². The molecule has 8 nitrogen and oxygen atoms in total. The van der Waals surface area contributed by atoms with Crippen LogP contribution in [0.15, 0.2) is 30.3 Å². The lowest BCUT2D eigenvalue weighted by Gasteiger charge is -2.37. The molecule has 0 saturated carbocycles. The minimum atomic E-state index is -0.251. The lowest BCUT2D eigenvalue weighted by Crippen LogP contribution is -2.58. The Hall–Kier alpha value is -2.45. The average molecular weight is 388 g/mol. The van der Waals surface area contributed by atoms with Crippen LogP contribution in [0.1, 0.15) is 24.8 Å². The lowest BCUT2D eigenvalue weighted by molar-refractivity contribution is -0.129. The maximum atomic E-state index is 12.2. The standard InChI is InChI=1S/C20H28N4O4/c1-28-13-19(26)23-15-9-17-20(27)22-11-16(24(17)12-15)7-8-18(25)21-10-14-5-3-2-4-6-14/h2-6,15-17H,7-13H2,1H3,(H,21,25)(H,22,27)(H,23,26)/t15-,16-,17+/m1/s1. The van der Waals surface area contributed by atoms with E-state index in [9.17, 15) is 14.4 Å². The predicted molar refractivity (Wildman–Crippen MR) is 103 cm³/mol. The third-order valence-electron chi connectivity index (χ3n) is 5.30. The number of benzene rings is 1. The van der Waals surface area contributed by atoms with E-state index < -0.39 is 0 Å². The second-order valence-electron chi connectivity index (χ2n) is 7.35. The normalized spacial score (nSPS) is 24.3. The van der Waals surface area contributed by atoms with Crippen molar-refractivity contribution in [3.8, 4) is 0 Å². The van der Waals surface area contributed by atoms with Gasteiger partial charge in [-0.05, 0) is 18.4 Å². The van der Waals surface area contributed by atoms with E-state index in [1.54, 1.807) is 0 Å². The number of nitrogens with zero attached hydrogens (tertiary/aromatic N) is 1. The molecular weight excluding hydrogens is 360 g/mol. The van der Waals surface area contributed by atoms with Crippen molar-refractivity contribution in [3.05, 3.63) is 35.9 Å². The lowest BCUT2D eigenvalue weighted by atomic mass is 10.0. The minimum absolute atomic E-state index is 0.00134. The van der Waals surface area contributed by atoms with E-state index in [1.165, 1.54) is 7.11 Å². The highest BCUT2D eigenvalue weighted by molar-refractivity contribution is 5.84. The molecule has 152 valence electrons. The number of carbonyl (C=O) groups is 3. The summed E-state index contributed by atoms with van der Waals surface area (Å²) in [5, 5.41) is 8.79. The van der Waals surface area contributed by atoms with E-state index in [-0.39, 0.29) is 42.5 Å². The molecule has 2 aliphatic heterocycles. The largest absolute Gasteiger partial charge is 0.375 e. The van der Waals surface area contributed by atoms with E-state index in [0.717, 1.165) is 5.56 Å². The van der Waals surface area contributed by atoms with Gasteiger partial charge < -0.3 is 20.7 Å². The van der Waals surface area contributed by atoms with Crippen LogP contribution in [0.2, 0.25) is 0 Å². The second kappa shape index (κ2) is 9.66. The highest BCUT2D eigenvalue weighted by Crippen LogP contribution is 2.25. The fraction of sp³-hybridized carbons (Fsp3) is 0.550. The number of hydrogen-bond donors (Lipinski definition) is 3. The van der Waals surface area contributed by atoms with Crippen LogP contribution in [0.25, 0.3) is 0 Å². The Morgan fingerprint density at radius 2 is 2.04 bits per heavy atom. The SMILES string of the molecule is COCC(=O)N[C@@H]1C[C@H]2C(=O)NC[C@@H](CCC(=O)NCc3ccccc3)N2C1. The van der Waals surface area contributed by atoms with Gasteiger partial charge in [-0.3, -0.25) is 19.3 Å². The summed E-state index contributed by atoms with van der Waals surface area (Å²) in [6.45, 7) is 1.67. The molecule has 2 saturated heterocycles. The van der Waals surface area contributed by atoms with E-state index >= 15 is 0 Å². The second-order valence-corrected chi connectivity index (χ2v) is 7.35. The monoisotopic (exact) mass is 388 g/mol. The zero-order chi connectivity index (χ0) is 19.9. The zero-order valence-electron chi connectivity index (χ0n) is 16.1. The highest BCUT2D eigenvalue weighted by atomic mass is 16.5. The molecule has 2 aliphatic rings. The first kappa shape index (κ1) is 20.3. The van der Waals surface area contributed by atoms with Gasteiger partial charge in [-0.25, -0.2) is 0 Å². The first-order valence-electron chi connectivity index (χ1n) is 9.69. The molecule has 8 heteroatoms. The van der Waals surface area contributed by atoms with E-state index in [1.807, 2.05) is 30.3 Å². The third kappa shape index (κ3) is 5.30. The van der Waals surface area contributed by atoms with Gasteiger partial charge in [0.2, 0.25) is 17.7 Å². The van der Waals surface area contributed by atoms with Crippen LogP contribution >= 0.6 is 0 Å². The summed E-state index contributed by atoms with van der Waals surface area (Å²) in [7, 11) is 1.48. The van der Waals surface area contributed by atoms with Gasteiger partial charge in [-0.2, -0.15) is 0 Å². The molecule has 3 amide bonds. The molecule has 1 aromatic rings. The Bertz CT molecular complexity index is 697. The van der Waals surface area contributed by atoms with Gasteiger partial charge >= 0.3 is 0 Å². The van der Waals surface area contributed by atoms with Gasteiger partial charge in [0.1, 0.15) is 6.61 Å². The minimum Gasteiger partial charge on any atom is -0.375 e. The Morgan fingerprint density at radius 1 is 1.25 bits per heavy atom. The Morgan fingerprint density at radius 3 is 2.79 bits per heavy atom. The molecule has 2 fully saturated rings. The molecule has 3 atom stereocenters. The number of hydrogen-bond acceptors (Lipinski definition) is 5. The van der Waals surface area contributed by atoms with Crippen molar-refractivity contribution < 1.29 is 19.1 Å². The van der Waals surface area contributed by atoms with Gasteiger partial charge in [0.05, 0.1) is 6.04 Å². The molecule has 3 rings (SSSR count). The quantitative estimate of drug-likeness (QED) is 0.572. The Kier molecular flexibility index (Phi) is 7.00. The molecule has 3 N–H and O–H groups in total. The maximum Gasteiger partial charge on any atom is 0.246 e. The number of carbonyl (C=O) groups excluding carboxylic acids is 3. The fourth-order valence-corrected chi connectivity index (χ4v) is 3.93. The van der Waals surface area contributed by atoms with Crippen LogP contribution in [0.3, 0.4) is 0 Å². The molecule has 1 aromatic carbocycles. The zero-order valence-corrected chi connectivity index (χ0v) is 16.1. The summed E-state index contributed by atoms with van der Waals surface area (Å²) in [4.78, 5) is 38.3. The number of piperazine rings is 1. The molecule has 2 heterocycles. The number of ether oxygens (including phenoxy) is 1. The molecule has 0 unspecified atom stereocenters. The summed E-state index contributed by atoms with van der Waals surface area (Å²) >= 11 is 0. The van der Waals surface area contributed by atoms with Gasteiger partial charge in [0, 0.05) is 45.2 Å². The summed E-state index contributed by atoms with van der Waals surface area (Å²) in [5.74, 6) is -0.181. The average Bonchev–Trinajstić information content (AvgIpc) is 3.11. The van der Waals surface area contributed by atoms with Crippen molar-refractivity contribution in [3.63, 3.8) is 0 Å². The summed E-state index contributed by atoms with van der Waals surface area (Å²) in [6, 6.07) is 9.55. The molecule has 0 spiro atoms. The summed E-state index contributed by atoms with van der Waals surface area (Å²) in [6.07, 6.45) is 1.64. The Balaban J connectivity index is 1.48. The van der Waals surface area contributed by atoms with E-state index in [2.05, 4.69) is 20.9 Å². The summed E-state index contributed by atoms with van der Waals surface area (Å²) in [5.41, 5.74) is 1.06. The van der Waals surface area contributed by atoms with Gasteiger partial charge in [0.25, 0.3) is 0 Å². The van der Waals surface area contributed by atoms with Crippen LogP contribution in [-0.2, 0) is 25.7 Å². The van der Waals surface area contributed by atoms with Crippen molar-refractivity contribution in [1.82, 2.24) is 20.9 Å². The van der Waals surface area contributed by atoms with E-state index in [0.29, 0.717) is 38.9 Å². The Labute approximate surface area is 165 Å². The maximum absolute atomic E-state index is 12.2.